The van der Waals surface area contributed by atoms with Crippen molar-refractivity contribution in [2.75, 3.05) is 6.67 Å². The normalized spacial score (nSPS) is 11.2. The fraction of sp³-hybridized carbons (Fsp3) is 0.143. The lowest BCUT2D eigenvalue weighted by atomic mass is 10.0. The summed E-state index contributed by atoms with van der Waals surface area (Å²) in [6, 6.07) is 17.5. The summed E-state index contributed by atoms with van der Waals surface area (Å²) in [5, 5.41) is 2.52. The van der Waals surface area contributed by atoms with Crippen LogP contribution in [0.5, 0.6) is 0 Å². The minimum Gasteiger partial charge on any atom is -0.289 e. The Morgan fingerprint density at radius 3 is 2.46 bits per heavy atom. The molecule has 3 nitrogen and oxygen atoms in total. The van der Waals surface area contributed by atoms with E-state index in [1.54, 1.807) is 0 Å². The second-order valence-corrected chi connectivity index (χ2v) is 7.00. The molecule has 0 aliphatic carbocycles. The number of hydrogen-bond acceptors (Lipinski definition) is 3. The molecular formula is C21H17FN2OS. The molecule has 4 rings (SSSR count). The van der Waals surface area contributed by atoms with E-state index in [0.717, 1.165) is 22.3 Å². The third-order valence-electron chi connectivity index (χ3n) is 4.40. The number of hydrogen-bond donors (Lipinski definition) is 0. The van der Waals surface area contributed by atoms with E-state index >= 15 is 0 Å². The summed E-state index contributed by atoms with van der Waals surface area (Å²) >= 11 is 1.44. The number of thiophene rings is 1. The van der Waals surface area contributed by atoms with Gasteiger partial charge in [-0.2, -0.15) is 0 Å². The molecule has 0 fully saturated rings. The number of nitrogens with zero attached hydrogens (tertiary/aromatic N) is 2. The first-order valence-corrected chi connectivity index (χ1v) is 9.27. The molecule has 0 amide bonds. The van der Waals surface area contributed by atoms with Crippen LogP contribution in [0.3, 0.4) is 0 Å². The van der Waals surface area contributed by atoms with E-state index in [9.17, 15) is 9.18 Å². The van der Waals surface area contributed by atoms with Gasteiger partial charge in [-0.15, -0.1) is 11.3 Å². The molecule has 2 aromatic carbocycles. The smallest absolute Gasteiger partial charge is 0.263 e. The summed E-state index contributed by atoms with van der Waals surface area (Å²) in [6.45, 7) is 1.41. The van der Waals surface area contributed by atoms with Gasteiger partial charge in [0.1, 0.15) is 17.3 Å². The van der Waals surface area contributed by atoms with Crippen LogP contribution < -0.4 is 5.56 Å². The highest BCUT2D eigenvalue weighted by molar-refractivity contribution is 7.17. The van der Waals surface area contributed by atoms with Crippen LogP contribution in [0.1, 0.15) is 5.56 Å². The standard InChI is InChI=1S/C21H17FN2OS/c1-14-7-9-15(10-8-14)17-13-26-20-18(17)21(25)24(12-11-22)19(23-20)16-5-3-2-4-6-16/h2-10,13H,11-12H2,1H3. The first kappa shape index (κ1) is 16.7. The van der Waals surface area contributed by atoms with Gasteiger partial charge in [-0.1, -0.05) is 60.2 Å². The van der Waals surface area contributed by atoms with Crippen LogP contribution in [0, 0.1) is 6.92 Å². The molecule has 0 unspecified atom stereocenters. The molecule has 0 aliphatic heterocycles. The van der Waals surface area contributed by atoms with Crippen molar-refractivity contribution in [1.29, 1.82) is 0 Å². The topological polar surface area (TPSA) is 34.9 Å². The molecule has 5 heteroatoms. The van der Waals surface area contributed by atoms with Gasteiger partial charge in [0, 0.05) is 16.5 Å². The predicted molar refractivity (Wildman–Crippen MR) is 105 cm³/mol. The molecule has 0 radical (unpaired) electrons. The summed E-state index contributed by atoms with van der Waals surface area (Å²) in [5.41, 5.74) is 3.61. The second-order valence-electron chi connectivity index (χ2n) is 6.14. The molecule has 2 heterocycles. The molecule has 0 saturated carbocycles. The lowest BCUT2D eigenvalue weighted by molar-refractivity contribution is 0.441. The van der Waals surface area contributed by atoms with Crippen LogP contribution in [0.15, 0.2) is 64.8 Å². The maximum Gasteiger partial charge on any atom is 0.263 e. The van der Waals surface area contributed by atoms with Gasteiger partial charge < -0.3 is 0 Å². The van der Waals surface area contributed by atoms with E-state index in [1.165, 1.54) is 15.9 Å². The number of benzene rings is 2. The summed E-state index contributed by atoms with van der Waals surface area (Å²) < 4.78 is 14.6. The van der Waals surface area contributed by atoms with E-state index < -0.39 is 6.67 Å². The Balaban J connectivity index is 1.99. The maximum absolute atomic E-state index is 13.2. The number of fused-ring (bicyclic) bond motifs is 1. The molecule has 0 spiro atoms. The van der Waals surface area contributed by atoms with Crippen LogP contribution >= 0.6 is 11.3 Å². The van der Waals surface area contributed by atoms with Crippen molar-refractivity contribution >= 4 is 21.6 Å². The molecule has 2 aromatic heterocycles. The second kappa shape index (κ2) is 6.84. The summed E-state index contributed by atoms with van der Waals surface area (Å²) in [7, 11) is 0. The Bertz CT molecular complexity index is 1110. The molecule has 0 saturated heterocycles. The number of aryl methyl sites for hydroxylation is 1. The largest absolute Gasteiger partial charge is 0.289 e. The zero-order chi connectivity index (χ0) is 18.1. The van der Waals surface area contributed by atoms with Crippen LogP contribution in [0.2, 0.25) is 0 Å². The first-order valence-electron chi connectivity index (χ1n) is 8.39. The average molecular weight is 364 g/mol. The zero-order valence-electron chi connectivity index (χ0n) is 14.3. The Morgan fingerprint density at radius 2 is 1.77 bits per heavy atom. The first-order chi connectivity index (χ1) is 12.7. The molecule has 4 aromatic rings. The van der Waals surface area contributed by atoms with Crippen LogP contribution in [-0.2, 0) is 6.54 Å². The lowest BCUT2D eigenvalue weighted by Crippen LogP contribution is -2.24. The summed E-state index contributed by atoms with van der Waals surface area (Å²) in [4.78, 5) is 18.6. The van der Waals surface area contributed by atoms with Crippen LogP contribution in [-0.4, -0.2) is 16.2 Å². The van der Waals surface area contributed by atoms with Gasteiger partial charge in [0.2, 0.25) is 0 Å². The van der Waals surface area contributed by atoms with E-state index in [4.69, 9.17) is 4.98 Å². The van der Waals surface area contributed by atoms with E-state index in [2.05, 4.69) is 0 Å². The summed E-state index contributed by atoms with van der Waals surface area (Å²) in [6.07, 6.45) is 0. The minimum atomic E-state index is -0.614. The van der Waals surface area contributed by atoms with Gasteiger partial charge in [0.05, 0.1) is 11.9 Å². The number of halogens is 1. The fourth-order valence-corrected chi connectivity index (χ4v) is 4.01. The van der Waals surface area contributed by atoms with Gasteiger partial charge in [-0.3, -0.25) is 9.36 Å². The van der Waals surface area contributed by atoms with Crippen LogP contribution in [0.25, 0.3) is 32.7 Å². The van der Waals surface area contributed by atoms with Crippen molar-refractivity contribution in [2.24, 2.45) is 0 Å². The van der Waals surface area contributed by atoms with Crippen molar-refractivity contribution in [1.82, 2.24) is 9.55 Å². The van der Waals surface area contributed by atoms with Gasteiger partial charge in [0.15, 0.2) is 0 Å². The number of rotatable bonds is 4. The predicted octanol–water partition coefficient (Wildman–Crippen LogP) is 5.07. The number of alkyl halides is 1. The fourth-order valence-electron chi connectivity index (χ4n) is 3.07. The molecule has 130 valence electrons. The van der Waals surface area contributed by atoms with Crippen LogP contribution in [0.4, 0.5) is 4.39 Å². The Labute approximate surface area is 154 Å². The van der Waals surface area contributed by atoms with Crippen molar-refractivity contribution in [3.8, 4) is 22.5 Å². The van der Waals surface area contributed by atoms with Gasteiger partial charge in [-0.05, 0) is 12.5 Å². The maximum atomic E-state index is 13.2. The molecule has 0 N–H and O–H groups in total. The highest BCUT2D eigenvalue weighted by Crippen LogP contribution is 2.32. The highest BCUT2D eigenvalue weighted by atomic mass is 32.1. The molecular weight excluding hydrogens is 347 g/mol. The van der Waals surface area contributed by atoms with Gasteiger partial charge >= 0.3 is 0 Å². The number of aromatic nitrogens is 2. The molecule has 26 heavy (non-hydrogen) atoms. The van der Waals surface area contributed by atoms with E-state index in [0.29, 0.717) is 16.0 Å². The Kier molecular flexibility index (Phi) is 4.39. The summed E-state index contributed by atoms with van der Waals surface area (Å²) in [5.74, 6) is 0.512. The average Bonchev–Trinajstić information content (AvgIpc) is 3.09. The third kappa shape index (κ3) is 2.84. The monoisotopic (exact) mass is 364 g/mol. The van der Waals surface area contributed by atoms with Crippen molar-refractivity contribution < 1.29 is 4.39 Å². The SMILES string of the molecule is Cc1ccc(-c2csc3nc(-c4ccccc4)n(CCF)c(=O)c23)cc1. The highest BCUT2D eigenvalue weighted by Gasteiger charge is 2.17. The van der Waals surface area contributed by atoms with E-state index in [1.807, 2.05) is 66.9 Å². The molecule has 0 atom stereocenters. The quantitative estimate of drug-likeness (QED) is 0.507. The molecule has 0 bridgehead atoms. The van der Waals surface area contributed by atoms with Crippen molar-refractivity contribution in [3.05, 3.63) is 75.9 Å². The van der Waals surface area contributed by atoms with Crippen molar-refractivity contribution in [3.63, 3.8) is 0 Å². The third-order valence-corrected chi connectivity index (χ3v) is 5.27. The zero-order valence-corrected chi connectivity index (χ0v) is 15.1. The Morgan fingerprint density at radius 1 is 1.04 bits per heavy atom. The molecule has 0 aliphatic rings. The van der Waals surface area contributed by atoms with Gasteiger partial charge in [-0.25, -0.2) is 9.37 Å². The lowest BCUT2D eigenvalue weighted by Gasteiger charge is -2.11. The minimum absolute atomic E-state index is 0.00478. The Hall–Kier alpha value is -2.79. The van der Waals surface area contributed by atoms with E-state index in [-0.39, 0.29) is 12.1 Å². The van der Waals surface area contributed by atoms with Crippen molar-refractivity contribution in [2.45, 2.75) is 13.5 Å². The van der Waals surface area contributed by atoms with Gasteiger partial charge in [0.25, 0.3) is 5.56 Å².